The van der Waals surface area contributed by atoms with Crippen LogP contribution in [0.3, 0.4) is 0 Å². The third-order valence-electron chi connectivity index (χ3n) is 5.67. The molecule has 2 fully saturated rings. The Balaban J connectivity index is 1.39. The van der Waals surface area contributed by atoms with Crippen LogP contribution >= 0.6 is 0 Å². The summed E-state index contributed by atoms with van der Waals surface area (Å²) in [6, 6.07) is 4.57. The van der Waals surface area contributed by atoms with Gasteiger partial charge in [0.2, 0.25) is 0 Å². The highest BCUT2D eigenvalue weighted by Crippen LogP contribution is 2.26. The first-order valence-electron chi connectivity index (χ1n) is 10.4. The van der Waals surface area contributed by atoms with E-state index >= 15 is 0 Å². The Labute approximate surface area is 166 Å². The lowest BCUT2D eigenvalue weighted by Crippen LogP contribution is -2.38. The van der Waals surface area contributed by atoms with Gasteiger partial charge in [-0.25, -0.2) is 4.39 Å². The van der Waals surface area contributed by atoms with Gasteiger partial charge in [-0.15, -0.1) is 0 Å². The van der Waals surface area contributed by atoms with Crippen molar-refractivity contribution in [1.29, 1.82) is 0 Å². The minimum Gasteiger partial charge on any atom is -0.369 e. The molecule has 2 aliphatic heterocycles. The molecule has 28 heavy (non-hydrogen) atoms. The van der Waals surface area contributed by atoms with Crippen molar-refractivity contribution in [2.75, 3.05) is 49.5 Å². The van der Waals surface area contributed by atoms with Crippen LogP contribution in [0, 0.1) is 11.7 Å². The third kappa shape index (κ3) is 5.67. The number of piperidine rings is 1. The number of anilines is 2. The second-order valence-corrected chi connectivity index (χ2v) is 7.95. The highest BCUT2D eigenvalue weighted by Gasteiger charge is 2.19. The maximum atomic E-state index is 14.3. The molecule has 2 amide bonds. The zero-order valence-corrected chi connectivity index (χ0v) is 16.7. The molecule has 0 unspecified atom stereocenters. The van der Waals surface area contributed by atoms with Crippen LogP contribution in [0.1, 0.15) is 39.0 Å². The molecule has 0 aromatic heterocycles. The number of amides is 2. The van der Waals surface area contributed by atoms with Gasteiger partial charge in [0, 0.05) is 25.3 Å². The molecule has 0 atom stereocenters. The summed E-state index contributed by atoms with van der Waals surface area (Å²) >= 11 is 0. The smallest absolute Gasteiger partial charge is 0.313 e. The Kier molecular flexibility index (Phi) is 7.25. The Morgan fingerprint density at radius 2 is 1.82 bits per heavy atom. The fourth-order valence-corrected chi connectivity index (χ4v) is 3.86. The molecule has 2 saturated heterocycles. The molecule has 2 aliphatic rings. The number of benzene rings is 1. The highest BCUT2D eigenvalue weighted by atomic mass is 19.1. The number of likely N-dealkylation sites (tertiary alicyclic amines) is 1. The van der Waals surface area contributed by atoms with Crippen molar-refractivity contribution in [1.82, 2.24) is 10.2 Å². The number of nitrogens with one attached hydrogen (secondary N) is 2. The fourth-order valence-electron chi connectivity index (χ4n) is 3.86. The van der Waals surface area contributed by atoms with Crippen LogP contribution in [-0.2, 0) is 9.59 Å². The summed E-state index contributed by atoms with van der Waals surface area (Å²) in [6.45, 7) is 7.58. The second kappa shape index (κ2) is 9.87. The molecule has 2 N–H and O–H groups in total. The van der Waals surface area contributed by atoms with E-state index in [1.807, 2.05) is 4.90 Å². The van der Waals surface area contributed by atoms with Crippen LogP contribution in [0.5, 0.6) is 0 Å². The molecule has 0 aliphatic carbocycles. The van der Waals surface area contributed by atoms with Crippen molar-refractivity contribution in [3.63, 3.8) is 0 Å². The average molecular weight is 391 g/mol. The van der Waals surface area contributed by atoms with Gasteiger partial charge < -0.3 is 20.4 Å². The molecule has 0 radical (unpaired) electrons. The Morgan fingerprint density at radius 1 is 1.11 bits per heavy atom. The van der Waals surface area contributed by atoms with Gasteiger partial charge in [0.1, 0.15) is 5.82 Å². The van der Waals surface area contributed by atoms with Crippen LogP contribution in [0.2, 0.25) is 0 Å². The summed E-state index contributed by atoms with van der Waals surface area (Å²) < 4.78 is 14.3. The molecule has 2 heterocycles. The monoisotopic (exact) mass is 390 g/mol. The van der Waals surface area contributed by atoms with Crippen molar-refractivity contribution in [2.45, 2.75) is 39.0 Å². The number of rotatable bonds is 6. The number of carbonyl (C=O) groups excluding carboxylic acids is 2. The van der Waals surface area contributed by atoms with Crippen LogP contribution in [0.15, 0.2) is 18.2 Å². The van der Waals surface area contributed by atoms with E-state index in [2.05, 4.69) is 22.5 Å². The maximum Gasteiger partial charge on any atom is 0.313 e. The van der Waals surface area contributed by atoms with Gasteiger partial charge in [-0.3, -0.25) is 9.59 Å². The summed E-state index contributed by atoms with van der Waals surface area (Å²) in [7, 11) is 0. The summed E-state index contributed by atoms with van der Waals surface area (Å²) in [5, 5.41) is 5.12. The van der Waals surface area contributed by atoms with Gasteiger partial charge in [-0.1, -0.05) is 6.92 Å². The lowest BCUT2D eigenvalue weighted by atomic mass is 9.99. The Hall–Kier alpha value is -2.15. The Bertz CT molecular complexity index is 683. The van der Waals surface area contributed by atoms with Gasteiger partial charge >= 0.3 is 11.8 Å². The lowest BCUT2D eigenvalue weighted by molar-refractivity contribution is -0.136. The summed E-state index contributed by atoms with van der Waals surface area (Å²) in [5.41, 5.74) is 0.843. The summed E-state index contributed by atoms with van der Waals surface area (Å²) in [6.07, 6.45) is 5.39. The van der Waals surface area contributed by atoms with Gasteiger partial charge in [-0.2, -0.15) is 0 Å². The third-order valence-corrected chi connectivity index (χ3v) is 5.67. The van der Waals surface area contributed by atoms with Crippen LogP contribution in [0.4, 0.5) is 15.8 Å². The number of hydrogen-bond acceptors (Lipinski definition) is 4. The molecule has 0 bridgehead atoms. The molecule has 1 aromatic rings. The standard InChI is InChI=1S/C21H31FN4O2/c1-16-7-13-25(14-8-16)10-4-9-23-20(27)21(28)24-17-5-6-19(18(22)15-17)26-11-2-3-12-26/h5-6,15-16H,2-4,7-14H2,1H3,(H,23,27)(H,24,28). The first kappa shape index (κ1) is 20.6. The highest BCUT2D eigenvalue weighted by molar-refractivity contribution is 6.39. The predicted molar refractivity (Wildman–Crippen MR) is 109 cm³/mol. The van der Waals surface area contributed by atoms with E-state index in [1.165, 1.54) is 18.9 Å². The average Bonchev–Trinajstić information content (AvgIpc) is 3.21. The molecule has 3 rings (SSSR count). The largest absolute Gasteiger partial charge is 0.369 e. The SMILES string of the molecule is CC1CCN(CCCNC(=O)C(=O)Nc2ccc(N3CCCC3)c(F)c2)CC1. The maximum absolute atomic E-state index is 14.3. The van der Waals surface area contributed by atoms with E-state index in [0.717, 1.165) is 57.9 Å². The number of hydrogen-bond donors (Lipinski definition) is 2. The fraction of sp³-hybridized carbons (Fsp3) is 0.619. The second-order valence-electron chi connectivity index (χ2n) is 7.95. The zero-order valence-electron chi connectivity index (χ0n) is 16.7. The number of nitrogens with zero attached hydrogens (tertiary/aromatic N) is 2. The quantitative estimate of drug-likeness (QED) is 0.579. The van der Waals surface area contributed by atoms with Crippen LogP contribution < -0.4 is 15.5 Å². The van der Waals surface area contributed by atoms with Gasteiger partial charge in [0.05, 0.1) is 5.69 Å². The molecule has 6 nitrogen and oxygen atoms in total. The van der Waals surface area contributed by atoms with Gasteiger partial charge in [0.15, 0.2) is 0 Å². The van der Waals surface area contributed by atoms with E-state index in [-0.39, 0.29) is 5.82 Å². The lowest BCUT2D eigenvalue weighted by Gasteiger charge is -2.30. The van der Waals surface area contributed by atoms with E-state index in [1.54, 1.807) is 12.1 Å². The molecular formula is C21H31FN4O2. The molecular weight excluding hydrogens is 359 g/mol. The zero-order chi connectivity index (χ0) is 19.9. The van der Waals surface area contributed by atoms with Gasteiger partial charge in [-0.05, 0) is 75.9 Å². The molecule has 1 aromatic carbocycles. The van der Waals surface area contributed by atoms with E-state index < -0.39 is 11.8 Å². The summed E-state index contributed by atoms with van der Waals surface area (Å²) in [4.78, 5) is 28.4. The van der Waals surface area contributed by atoms with Crippen LogP contribution in [0.25, 0.3) is 0 Å². The van der Waals surface area contributed by atoms with E-state index in [0.29, 0.717) is 17.9 Å². The summed E-state index contributed by atoms with van der Waals surface area (Å²) in [5.74, 6) is -1.03. The van der Waals surface area contributed by atoms with Crippen LogP contribution in [-0.4, -0.2) is 56.0 Å². The van der Waals surface area contributed by atoms with Crippen molar-refractivity contribution in [3.05, 3.63) is 24.0 Å². The minimum atomic E-state index is -0.764. The van der Waals surface area contributed by atoms with Gasteiger partial charge in [0.25, 0.3) is 0 Å². The first-order chi connectivity index (χ1) is 13.5. The normalized spacial score (nSPS) is 18.3. The van der Waals surface area contributed by atoms with Crippen molar-refractivity contribution < 1.29 is 14.0 Å². The number of halogens is 1. The predicted octanol–water partition coefficient (Wildman–Crippen LogP) is 2.60. The van der Waals surface area contributed by atoms with E-state index in [9.17, 15) is 14.0 Å². The van der Waals surface area contributed by atoms with E-state index in [4.69, 9.17) is 0 Å². The minimum absolute atomic E-state index is 0.294. The molecule has 0 spiro atoms. The first-order valence-corrected chi connectivity index (χ1v) is 10.4. The van der Waals surface area contributed by atoms with Crippen molar-refractivity contribution in [3.8, 4) is 0 Å². The molecule has 7 heteroatoms. The molecule has 154 valence electrons. The molecule has 0 saturated carbocycles. The van der Waals surface area contributed by atoms with Crippen molar-refractivity contribution in [2.24, 2.45) is 5.92 Å². The number of carbonyl (C=O) groups is 2. The van der Waals surface area contributed by atoms with Crippen molar-refractivity contribution >= 4 is 23.2 Å². The topological polar surface area (TPSA) is 64.7 Å². The Morgan fingerprint density at radius 3 is 2.50 bits per heavy atom.